The molecule has 0 aromatic heterocycles. The van der Waals surface area contributed by atoms with Crippen molar-refractivity contribution in [2.75, 3.05) is 7.11 Å². The number of nitrogens with one attached hydrogen (secondary N) is 3. The summed E-state index contributed by atoms with van der Waals surface area (Å²) in [5.41, 5.74) is 3.29. The normalized spacial score (nSPS) is 16.5. The van der Waals surface area contributed by atoms with E-state index in [1.807, 2.05) is 50.2 Å². The smallest absolute Gasteiger partial charge is 0.242 e. The van der Waals surface area contributed by atoms with Gasteiger partial charge >= 0.3 is 0 Å². The zero-order chi connectivity index (χ0) is 21.5. The average molecular weight is 410 g/mol. The maximum atomic E-state index is 12.9. The molecule has 0 aliphatic carbocycles. The zero-order valence-electron chi connectivity index (χ0n) is 17.9. The lowest BCUT2D eigenvalue weighted by atomic mass is 9.95. The first-order chi connectivity index (χ1) is 14.5. The molecule has 0 saturated heterocycles. The van der Waals surface area contributed by atoms with E-state index < -0.39 is 6.04 Å². The summed E-state index contributed by atoms with van der Waals surface area (Å²) < 4.78 is 5.35. The maximum Gasteiger partial charge on any atom is 0.242 e. The Bertz CT molecular complexity index is 882. The van der Waals surface area contributed by atoms with E-state index in [0.717, 1.165) is 11.3 Å². The van der Waals surface area contributed by atoms with Gasteiger partial charge in [-0.1, -0.05) is 56.3 Å². The second-order valence-corrected chi connectivity index (χ2v) is 8.13. The summed E-state index contributed by atoms with van der Waals surface area (Å²) in [7, 11) is 1.61. The van der Waals surface area contributed by atoms with Crippen LogP contribution < -0.4 is 20.7 Å². The van der Waals surface area contributed by atoms with Gasteiger partial charge in [0.15, 0.2) is 0 Å². The Morgan fingerprint density at radius 3 is 2.53 bits per heavy atom. The van der Waals surface area contributed by atoms with E-state index in [9.17, 15) is 9.59 Å². The number of para-hydroxylation sites is 1. The predicted octanol–water partition coefficient (Wildman–Crippen LogP) is 2.56. The first-order valence-electron chi connectivity index (χ1n) is 10.5. The third kappa shape index (κ3) is 5.60. The molecule has 0 saturated carbocycles. The second-order valence-electron chi connectivity index (χ2n) is 8.13. The summed E-state index contributed by atoms with van der Waals surface area (Å²) in [6, 6.07) is 14.8. The Hall–Kier alpha value is -2.86. The monoisotopic (exact) mass is 409 g/mol. The van der Waals surface area contributed by atoms with Crippen LogP contribution in [0.4, 0.5) is 0 Å². The molecule has 3 rings (SSSR count). The molecule has 1 heterocycles. The molecular formula is C24H31N3O3. The van der Waals surface area contributed by atoms with Gasteiger partial charge in [-0.05, 0) is 36.0 Å². The Labute approximate surface area is 178 Å². The molecular weight excluding hydrogens is 378 g/mol. The highest BCUT2D eigenvalue weighted by atomic mass is 16.5. The van der Waals surface area contributed by atoms with E-state index in [1.54, 1.807) is 7.11 Å². The SMILES string of the molecule is COc1ccccc1CNC(=O)[C@H](CC(C)C)NC(=O)[C@H]1Cc2ccccc2CN1. The van der Waals surface area contributed by atoms with Crippen molar-refractivity contribution < 1.29 is 14.3 Å². The van der Waals surface area contributed by atoms with Crippen LogP contribution in [-0.4, -0.2) is 31.0 Å². The quantitative estimate of drug-likeness (QED) is 0.626. The van der Waals surface area contributed by atoms with Crippen molar-refractivity contribution in [1.82, 2.24) is 16.0 Å². The third-order valence-electron chi connectivity index (χ3n) is 5.38. The summed E-state index contributed by atoms with van der Waals surface area (Å²) in [6.07, 6.45) is 1.20. The summed E-state index contributed by atoms with van der Waals surface area (Å²) >= 11 is 0. The van der Waals surface area contributed by atoms with Gasteiger partial charge in [0, 0.05) is 18.7 Å². The molecule has 160 valence electrons. The maximum absolute atomic E-state index is 12.9. The highest BCUT2D eigenvalue weighted by Gasteiger charge is 2.28. The first-order valence-corrected chi connectivity index (χ1v) is 10.5. The van der Waals surface area contributed by atoms with Crippen LogP contribution in [0, 0.1) is 5.92 Å². The van der Waals surface area contributed by atoms with E-state index >= 15 is 0 Å². The Morgan fingerprint density at radius 2 is 1.80 bits per heavy atom. The van der Waals surface area contributed by atoms with Crippen molar-refractivity contribution in [1.29, 1.82) is 0 Å². The summed E-state index contributed by atoms with van der Waals surface area (Å²) in [5, 5.41) is 9.20. The van der Waals surface area contributed by atoms with Crippen molar-refractivity contribution >= 4 is 11.8 Å². The highest BCUT2D eigenvalue weighted by molar-refractivity contribution is 5.90. The summed E-state index contributed by atoms with van der Waals surface area (Å²) in [5.74, 6) is 0.682. The molecule has 0 spiro atoms. The van der Waals surface area contributed by atoms with Gasteiger partial charge in [-0.3, -0.25) is 9.59 Å². The lowest BCUT2D eigenvalue weighted by Gasteiger charge is -2.28. The van der Waals surface area contributed by atoms with Crippen molar-refractivity contribution in [3.05, 3.63) is 65.2 Å². The Kier molecular flexibility index (Phi) is 7.46. The second kappa shape index (κ2) is 10.3. The number of hydrogen-bond acceptors (Lipinski definition) is 4. The molecule has 2 aromatic rings. The fraction of sp³-hybridized carbons (Fsp3) is 0.417. The van der Waals surface area contributed by atoms with Gasteiger partial charge in [-0.25, -0.2) is 0 Å². The molecule has 6 nitrogen and oxygen atoms in total. The molecule has 1 aliphatic heterocycles. The minimum Gasteiger partial charge on any atom is -0.496 e. The van der Waals surface area contributed by atoms with Crippen LogP contribution in [-0.2, 0) is 29.1 Å². The van der Waals surface area contributed by atoms with Gasteiger partial charge in [0.25, 0.3) is 0 Å². The van der Waals surface area contributed by atoms with Crippen molar-refractivity contribution in [3.63, 3.8) is 0 Å². The lowest BCUT2D eigenvalue weighted by molar-refractivity contribution is -0.130. The van der Waals surface area contributed by atoms with Gasteiger partial charge in [0.1, 0.15) is 11.8 Å². The number of carbonyl (C=O) groups is 2. The van der Waals surface area contributed by atoms with E-state index in [1.165, 1.54) is 11.1 Å². The number of rotatable bonds is 8. The van der Waals surface area contributed by atoms with Crippen LogP contribution in [0.15, 0.2) is 48.5 Å². The van der Waals surface area contributed by atoms with Gasteiger partial charge < -0.3 is 20.7 Å². The predicted molar refractivity (Wildman–Crippen MR) is 117 cm³/mol. The molecule has 2 atom stereocenters. The fourth-order valence-corrected chi connectivity index (χ4v) is 3.77. The molecule has 1 aliphatic rings. The van der Waals surface area contributed by atoms with Crippen LogP contribution in [0.1, 0.15) is 37.0 Å². The molecule has 0 bridgehead atoms. The number of methoxy groups -OCH3 is 1. The Morgan fingerprint density at radius 1 is 1.10 bits per heavy atom. The molecule has 0 fully saturated rings. The van der Waals surface area contributed by atoms with Gasteiger partial charge in [0.2, 0.25) is 11.8 Å². The summed E-state index contributed by atoms with van der Waals surface area (Å²) in [4.78, 5) is 25.8. The van der Waals surface area contributed by atoms with E-state index in [0.29, 0.717) is 25.9 Å². The molecule has 0 unspecified atom stereocenters. The minimum absolute atomic E-state index is 0.136. The number of hydrogen-bond donors (Lipinski definition) is 3. The van der Waals surface area contributed by atoms with Crippen molar-refractivity contribution in [3.8, 4) is 5.75 Å². The topological polar surface area (TPSA) is 79.5 Å². The number of carbonyl (C=O) groups excluding carboxylic acids is 2. The van der Waals surface area contributed by atoms with Crippen molar-refractivity contribution in [2.45, 2.75) is 51.9 Å². The van der Waals surface area contributed by atoms with Crippen LogP contribution in [0.25, 0.3) is 0 Å². The summed E-state index contributed by atoms with van der Waals surface area (Å²) in [6.45, 7) is 5.09. The Balaban J connectivity index is 1.62. The lowest BCUT2D eigenvalue weighted by Crippen LogP contribution is -2.54. The molecule has 0 radical (unpaired) electrons. The standard InChI is InChI=1S/C24H31N3O3/c1-16(2)12-21(23(28)26-15-19-10-6-7-11-22(19)30-3)27-24(29)20-13-17-8-4-5-9-18(17)14-25-20/h4-11,16,20-21,25H,12-15H2,1-3H3,(H,26,28)(H,27,29)/t20-,21+/m1/s1. The van der Waals surface area contributed by atoms with Crippen LogP contribution >= 0.6 is 0 Å². The first kappa shape index (κ1) is 21.8. The van der Waals surface area contributed by atoms with Crippen LogP contribution in [0.2, 0.25) is 0 Å². The van der Waals surface area contributed by atoms with Crippen LogP contribution in [0.5, 0.6) is 5.75 Å². The fourth-order valence-electron chi connectivity index (χ4n) is 3.77. The molecule has 3 N–H and O–H groups in total. The van der Waals surface area contributed by atoms with Gasteiger partial charge in [-0.2, -0.15) is 0 Å². The average Bonchev–Trinajstić information content (AvgIpc) is 2.76. The van der Waals surface area contributed by atoms with E-state index in [4.69, 9.17) is 4.74 Å². The third-order valence-corrected chi connectivity index (χ3v) is 5.38. The minimum atomic E-state index is -0.578. The van der Waals surface area contributed by atoms with Gasteiger partial charge in [0.05, 0.1) is 13.2 Å². The van der Waals surface area contributed by atoms with Crippen molar-refractivity contribution in [2.24, 2.45) is 5.92 Å². The van der Waals surface area contributed by atoms with E-state index in [-0.39, 0.29) is 23.8 Å². The molecule has 2 amide bonds. The van der Waals surface area contributed by atoms with Crippen LogP contribution in [0.3, 0.4) is 0 Å². The number of benzene rings is 2. The largest absolute Gasteiger partial charge is 0.496 e. The molecule has 30 heavy (non-hydrogen) atoms. The number of ether oxygens (including phenoxy) is 1. The number of fused-ring (bicyclic) bond motifs is 1. The number of amides is 2. The van der Waals surface area contributed by atoms with Gasteiger partial charge in [-0.15, -0.1) is 0 Å². The molecule has 2 aromatic carbocycles. The highest BCUT2D eigenvalue weighted by Crippen LogP contribution is 2.18. The zero-order valence-corrected chi connectivity index (χ0v) is 17.9. The molecule has 6 heteroatoms. The van der Waals surface area contributed by atoms with E-state index in [2.05, 4.69) is 28.1 Å².